The van der Waals surface area contributed by atoms with Gasteiger partial charge in [-0.15, -0.1) is 5.92 Å². The van der Waals surface area contributed by atoms with E-state index in [2.05, 4.69) is 59.2 Å². The van der Waals surface area contributed by atoms with Crippen molar-refractivity contribution in [3.63, 3.8) is 0 Å². The van der Waals surface area contributed by atoms with Crippen molar-refractivity contribution >= 4 is 14.1 Å². The summed E-state index contributed by atoms with van der Waals surface area (Å²) < 4.78 is 0. The minimum Gasteiger partial charge on any atom is -0.204 e. The summed E-state index contributed by atoms with van der Waals surface area (Å²) >= 11 is -0.810. The molecule has 0 rings (SSSR count). The standard InChI is InChI=1S/C6H9.2C4H9.Al/c1-5-6(2,3)4;2*1-4(2)3;/h2-4H3;2*4H,1H2,2-3H3;. The van der Waals surface area contributed by atoms with Crippen LogP contribution in [0.4, 0.5) is 0 Å². The molecule has 1 heteroatoms. The lowest BCUT2D eigenvalue weighted by atomic mass is 9.99. The molecule has 15 heavy (non-hydrogen) atoms. The molecule has 0 aliphatic heterocycles. The molecule has 0 radical (unpaired) electrons. The average Bonchev–Trinajstić information content (AvgIpc) is 1.96. The minimum absolute atomic E-state index is 0.180. The van der Waals surface area contributed by atoms with Gasteiger partial charge in [0.25, 0.3) is 0 Å². The first-order chi connectivity index (χ1) is 6.70. The van der Waals surface area contributed by atoms with E-state index in [1.165, 1.54) is 10.6 Å². The van der Waals surface area contributed by atoms with Gasteiger partial charge in [-0.2, -0.15) is 0 Å². The Hall–Kier alpha value is 0.0925. The van der Waals surface area contributed by atoms with Crippen LogP contribution in [0.25, 0.3) is 0 Å². The van der Waals surface area contributed by atoms with Crippen molar-refractivity contribution in [2.45, 2.75) is 59.0 Å². The largest absolute Gasteiger partial charge is 0.376 e. The summed E-state index contributed by atoms with van der Waals surface area (Å²) in [4.78, 5) is 3.61. The molecular formula is C14H27Al. The molecule has 0 aliphatic rings. The Kier molecular flexibility index (Phi) is 6.67. The van der Waals surface area contributed by atoms with Crippen molar-refractivity contribution < 1.29 is 0 Å². The van der Waals surface area contributed by atoms with Crippen LogP contribution in [-0.2, 0) is 0 Å². The van der Waals surface area contributed by atoms with Crippen LogP contribution in [0.1, 0.15) is 48.5 Å². The van der Waals surface area contributed by atoms with Crippen molar-refractivity contribution in [3.05, 3.63) is 0 Å². The normalized spacial score (nSPS) is 11.5. The Labute approximate surface area is 101 Å². The summed E-state index contributed by atoms with van der Waals surface area (Å²) in [5, 5.41) is 2.75. The summed E-state index contributed by atoms with van der Waals surface area (Å²) in [6.45, 7) is 15.9. The van der Waals surface area contributed by atoms with Crippen molar-refractivity contribution in [1.29, 1.82) is 0 Å². The predicted molar refractivity (Wildman–Crippen MR) is 72.3 cm³/mol. The van der Waals surface area contributed by atoms with Gasteiger partial charge in [0.15, 0.2) is 0 Å². The first kappa shape index (κ1) is 15.1. The highest BCUT2D eigenvalue weighted by molar-refractivity contribution is 6.67. The van der Waals surface area contributed by atoms with E-state index in [0.717, 1.165) is 11.8 Å². The van der Waals surface area contributed by atoms with Gasteiger partial charge in [0, 0.05) is 5.41 Å². The zero-order valence-corrected chi connectivity index (χ0v) is 12.8. The zero-order chi connectivity index (χ0) is 12.1. The van der Waals surface area contributed by atoms with E-state index in [1.54, 1.807) is 0 Å². The van der Waals surface area contributed by atoms with E-state index in [4.69, 9.17) is 0 Å². The molecule has 0 N–H and O–H groups in total. The van der Waals surface area contributed by atoms with Gasteiger partial charge in [0.1, 0.15) is 0 Å². The van der Waals surface area contributed by atoms with Gasteiger partial charge in [-0.3, -0.25) is 0 Å². The van der Waals surface area contributed by atoms with Crippen LogP contribution in [0.5, 0.6) is 0 Å². The van der Waals surface area contributed by atoms with Crippen LogP contribution in [0.2, 0.25) is 10.6 Å². The molecule has 86 valence electrons. The van der Waals surface area contributed by atoms with Gasteiger partial charge in [0.05, 0.1) is 0 Å². The van der Waals surface area contributed by atoms with Crippen LogP contribution in [0.3, 0.4) is 0 Å². The van der Waals surface area contributed by atoms with Crippen molar-refractivity contribution in [2.75, 3.05) is 0 Å². The second-order valence-corrected chi connectivity index (χ2v) is 9.10. The molecule has 0 bridgehead atoms. The van der Waals surface area contributed by atoms with Gasteiger partial charge in [-0.1, -0.05) is 50.1 Å². The van der Waals surface area contributed by atoms with Crippen LogP contribution in [0, 0.1) is 28.0 Å². The Balaban J connectivity index is 4.41. The van der Waals surface area contributed by atoms with Gasteiger partial charge < -0.3 is 0 Å². The summed E-state index contributed by atoms with van der Waals surface area (Å²) in [7, 11) is 0. The molecule has 0 saturated heterocycles. The van der Waals surface area contributed by atoms with E-state index >= 15 is 0 Å². The van der Waals surface area contributed by atoms with Crippen molar-refractivity contribution in [2.24, 2.45) is 17.3 Å². The average molecular weight is 222 g/mol. The third-order valence-corrected chi connectivity index (χ3v) is 5.74. The maximum Gasteiger partial charge on any atom is 0.376 e. The summed E-state index contributed by atoms with van der Waals surface area (Å²) in [5.41, 5.74) is 0.180. The van der Waals surface area contributed by atoms with E-state index in [1.807, 2.05) is 0 Å². The first-order valence-electron chi connectivity index (χ1n) is 6.23. The SMILES string of the molecule is CC(C)[CH2][Al]([C]#CC(C)(C)C)[CH2]C(C)C. The first-order valence-corrected chi connectivity index (χ1v) is 8.44. The topological polar surface area (TPSA) is 0 Å². The van der Waals surface area contributed by atoms with Crippen molar-refractivity contribution in [1.82, 2.24) is 0 Å². The Morgan fingerprint density at radius 1 is 0.933 bits per heavy atom. The molecule has 0 saturated carbocycles. The van der Waals surface area contributed by atoms with Gasteiger partial charge in [-0.05, 0) is 20.8 Å². The van der Waals surface area contributed by atoms with Gasteiger partial charge >= 0.3 is 14.1 Å². The minimum atomic E-state index is -0.810. The lowest BCUT2D eigenvalue weighted by molar-refractivity contribution is 0.571. The van der Waals surface area contributed by atoms with E-state index in [-0.39, 0.29) is 5.41 Å². The number of hydrogen-bond acceptors (Lipinski definition) is 0. The molecule has 0 atom stereocenters. The van der Waals surface area contributed by atoms with E-state index in [0.29, 0.717) is 0 Å². The molecule has 0 spiro atoms. The quantitative estimate of drug-likeness (QED) is 0.489. The fraction of sp³-hybridized carbons (Fsp3) is 0.857. The van der Waals surface area contributed by atoms with Crippen LogP contribution in [-0.4, -0.2) is 14.1 Å². The molecule has 0 amide bonds. The summed E-state index contributed by atoms with van der Waals surface area (Å²) in [5.74, 6) is 5.07. The maximum atomic E-state index is 3.61. The monoisotopic (exact) mass is 222 g/mol. The van der Waals surface area contributed by atoms with E-state index in [9.17, 15) is 0 Å². The molecule has 0 heterocycles. The molecule has 0 fully saturated rings. The number of hydrogen-bond donors (Lipinski definition) is 0. The van der Waals surface area contributed by atoms with Crippen molar-refractivity contribution in [3.8, 4) is 10.7 Å². The zero-order valence-electron chi connectivity index (χ0n) is 11.6. The van der Waals surface area contributed by atoms with Crippen LogP contribution < -0.4 is 0 Å². The summed E-state index contributed by atoms with van der Waals surface area (Å²) in [6, 6.07) is 0. The highest BCUT2D eigenvalue weighted by Crippen LogP contribution is 2.15. The maximum absolute atomic E-state index is 3.61. The Morgan fingerprint density at radius 2 is 1.33 bits per heavy atom. The smallest absolute Gasteiger partial charge is 0.204 e. The fourth-order valence-corrected chi connectivity index (χ4v) is 5.01. The predicted octanol–water partition coefficient (Wildman–Crippen LogP) is 4.38. The molecule has 0 aromatic carbocycles. The number of rotatable bonds is 4. The highest BCUT2D eigenvalue weighted by atomic mass is 27.2. The third-order valence-electron chi connectivity index (χ3n) is 2.16. The molecule has 0 aromatic heterocycles. The second kappa shape index (κ2) is 6.63. The van der Waals surface area contributed by atoms with Gasteiger partial charge in [-0.25, -0.2) is 4.78 Å². The molecule has 0 nitrogen and oxygen atoms in total. The summed E-state index contributed by atoms with van der Waals surface area (Å²) in [6.07, 6.45) is 0. The van der Waals surface area contributed by atoms with Gasteiger partial charge in [0.2, 0.25) is 0 Å². The van der Waals surface area contributed by atoms with Crippen LogP contribution in [0.15, 0.2) is 0 Å². The Morgan fingerprint density at radius 3 is 1.60 bits per heavy atom. The third kappa shape index (κ3) is 10.4. The lowest BCUT2D eigenvalue weighted by Crippen LogP contribution is -2.16. The molecule has 0 aromatic rings. The molecular weight excluding hydrogens is 195 g/mol. The molecule has 0 aliphatic carbocycles. The Bertz CT molecular complexity index is 212. The highest BCUT2D eigenvalue weighted by Gasteiger charge is 2.19. The molecule has 0 unspecified atom stereocenters. The second-order valence-electron chi connectivity index (χ2n) is 6.48. The lowest BCUT2D eigenvalue weighted by Gasteiger charge is -2.12. The van der Waals surface area contributed by atoms with E-state index < -0.39 is 14.1 Å². The fourth-order valence-electron chi connectivity index (χ4n) is 1.67. The van der Waals surface area contributed by atoms with Crippen LogP contribution >= 0.6 is 0 Å².